The topological polar surface area (TPSA) is 39.7 Å². The Morgan fingerprint density at radius 2 is 1.66 bits per heavy atom. The lowest BCUT2D eigenvalue weighted by molar-refractivity contribution is -0.141. The summed E-state index contributed by atoms with van der Waals surface area (Å²) in [5.74, 6) is 0.432. The van der Waals surface area contributed by atoms with Gasteiger partial charge in [-0.15, -0.1) is 12.4 Å². The van der Waals surface area contributed by atoms with Gasteiger partial charge in [-0.1, -0.05) is 24.3 Å². The number of amides is 1. The van der Waals surface area contributed by atoms with E-state index in [0.717, 1.165) is 36.8 Å². The van der Waals surface area contributed by atoms with Gasteiger partial charge in [0.05, 0.1) is 0 Å². The van der Waals surface area contributed by atoms with Crippen LogP contribution in [0.3, 0.4) is 0 Å². The third-order valence-electron chi connectivity index (χ3n) is 5.30. The smallest absolute Gasteiger partial charge is 0.354 e. The molecule has 0 unspecified atom stereocenters. The van der Waals surface area contributed by atoms with E-state index in [1.165, 1.54) is 6.07 Å². The van der Waals surface area contributed by atoms with Gasteiger partial charge in [0.1, 0.15) is 11.5 Å². The van der Waals surface area contributed by atoms with Crippen molar-refractivity contribution in [3.8, 4) is 0 Å². The van der Waals surface area contributed by atoms with Crippen LogP contribution in [0.4, 0.5) is 19.0 Å². The van der Waals surface area contributed by atoms with E-state index >= 15 is 0 Å². The molecule has 156 valence electrons. The Morgan fingerprint density at radius 1 is 0.931 bits per heavy atom. The van der Waals surface area contributed by atoms with Crippen molar-refractivity contribution in [3.05, 3.63) is 59.3 Å². The Hall–Kier alpha value is -2.32. The van der Waals surface area contributed by atoms with Crippen LogP contribution >= 0.6 is 12.4 Å². The number of piperazine rings is 1. The van der Waals surface area contributed by atoms with E-state index < -0.39 is 11.9 Å². The van der Waals surface area contributed by atoms with Crippen LogP contribution in [0.5, 0.6) is 0 Å². The van der Waals surface area contributed by atoms with E-state index in [4.69, 9.17) is 0 Å². The number of pyridine rings is 1. The van der Waals surface area contributed by atoms with Gasteiger partial charge in [0.25, 0.3) is 5.91 Å². The van der Waals surface area contributed by atoms with Crippen molar-refractivity contribution < 1.29 is 18.0 Å². The summed E-state index contributed by atoms with van der Waals surface area (Å²) in [5.41, 5.74) is 0.982. The van der Waals surface area contributed by atoms with Crippen LogP contribution in [-0.2, 0) is 12.7 Å². The molecule has 0 saturated carbocycles. The molecule has 0 aliphatic carbocycles. The minimum absolute atomic E-state index is 0. The Kier molecular flexibility index (Phi) is 6.33. The first-order valence-corrected chi connectivity index (χ1v) is 9.30. The molecule has 4 rings (SSSR count). The number of alkyl halides is 3. The van der Waals surface area contributed by atoms with E-state index in [9.17, 15) is 18.0 Å². The van der Waals surface area contributed by atoms with Crippen LogP contribution < -0.4 is 4.90 Å². The van der Waals surface area contributed by atoms with Crippen molar-refractivity contribution in [1.82, 2.24) is 14.8 Å². The molecule has 0 radical (unpaired) electrons. The Morgan fingerprint density at radius 3 is 2.34 bits per heavy atom. The highest BCUT2D eigenvalue weighted by Crippen LogP contribution is 2.29. The molecular weight excluding hydrogens is 405 g/mol. The van der Waals surface area contributed by atoms with Crippen LogP contribution in [0.2, 0.25) is 0 Å². The molecule has 0 atom stereocenters. The molecule has 1 fully saturated rings. The lowest BCUT2D eigenvalue weighted by Crippen LogP contribution is -2.48. The molecule has 1 aromatic carbocycles. The van der Waals surface area contributed by atoms with Crippen molar-refractivity contribution in [3.63, 3.8) is 0 Å². The van der Waals surface area contributed by atoms with Crippen LogP contribution in [0, 0.1) is 0 Å². The monoisotopic (exact) mass is 426 g/mol. The molecule has 3 heterocycles. The number of hydrogen-bond donors (Lipinski definition) is 0. The number of nitrogens with zero attached hydrogens (tertiary/aromatic N) is 4. The molecule has 5 nitrogen and oxygen atoms in total. The number of carbonyl (C=O) groups excluding carboxylic acids is 1. The summed E-state index contributed by atoms with van der Waals surface area (Å²) in [6.45, 7) is 4.73. The zero-order chi connectivity index (χ0) is 19.7. The lowest BCUT2D eigenvalue weighted by atomic mass is 10.1. The fourth-order valence-corrected chi connectivity index (χ4v) is 3.72. The number of benzene rings is 1. The molecular formula is C20H22ClF3N4O. The Bertz CT molecular complexity index is 869. The number of carbonyl (C=O) groups is 1. The molecule has 2 aliphatic rings. The number of anilines is 1. The largest absolute Gasteiger partial charge is 0.433 e. The minimum atomic E-state index is -4.43. The van der Waals surface area contributed by atoms with Gasteiger partial charge in [0, 0.05) is 51.4 Å². The van der Waals surface area contributed by atoms with E-state index in [0.29, 0.717) is 32.0 Å². The second-order valence-electron chi connectivity index (χ2n) is 7.09. The molecule has 1 amide bonds. The van der Waals surface area contributed by atoms with Gasteiger partial charge in [-0.05, 0) is 23.8 Å². The van der Waals surface area contributed by atoms with Crippen LogP contribution in [0.1, 0.15) is 21.6 Å². The first kappa shape index (κ1) is 21.4. The number of fused-ring (bicyclic) bond motifs is 1. The maximum absolute atomic E-state index is 12.9. The number of halogens is 4. The van der Waals surface area contributed by atoms with Crippen molar-refractivity contribution in [1.29, 1.82) is 0 Å². The van der Waals surface area contributed by atoms with Crippen molar-refractivity contribution in [2.45, 2.75) is 12.7 Å². The van der Waals surface area contributed by atoms with E-state index in [-0.39, 0.29) is 18.3 Å². The van der Waals surface area contributed by atoms with Crippen LogP contribution in [0.15, 0.2) is 42.5 Å². The minimum Gasteiger partial charge on any atom is -0.354 e. The maximum Gasteiger partial charge on any atom is 0.433 e. The third kappa shape index (κ3) is 4.64. The average Bonchev–Trinajstić information content (AvgIpc) is 3.02. The van der Waals surface area contributed by atoms with Gasteiger partial charge in [-0.3, -0.25) is 9.69 Å². The second-order valence-corrected chi connectivity index (χ2v) is 7.09. The zero-order valence-electron chi connectivity index (χ0n) is 15.7. The molecule has 9 heteroatoms. The Balaban J connectivity index is 0.00000240. The highest BCUT2D eigenvalue weighted by atomic mass is 35.5. The molecule has 1 aromatic heterocycles. The quantitative estimate of drug-likeness (QED) is 0.752. The van der Waals surface area contributed by atoms with E-state index in [1.807, 2.05) is 34.1 Å². The summed E-state index contributed by atoms with van der Waals surface area (Å²) in [5, 5.41) is 0. The van der Waals surface area contributed by atoms with Crippen molar-refractivity contribution in [2.24, 2.45) is 0 Å². The molecule has 0 N–H and O–H groups in total. The summed E-state index contributed by atoms with van der Waals surface area (Å²) < 4.78 is 38.6. The fraction of sp³-hybridized carbons (Fsp3) is 0.400. The molecule has 0 bridgehead atoms. The predicted molar refractivity (Wildman–Crippen MR) is 106 cm³/mol. The van der Waals surface area contributed by atoms with Crippen LogP contribution in [-0.4, -0.2) is 60.0 Å². The number of rotatable bonds is 4. The molecule has 2 aromatic rings. The highest BCUT2D eigenvalue weighted by Gasteiger charge is 2.33. The zero-order valence-corrected chi connectivity index (χ0v) is 16.5. The van der Waals surface area contributed by atoms with E-state index in [1.54, 1.807) is 6.07 Å². The lowest BCUT2D eigenvalue weighted by Gasteiger charge is -2.36. The van der Waals surface area contributed by atoms with Gasteiger partial charge in [0.2, 0.25) is 0 Å². The van der Waals surface area contributed by atoms with Crippen molar-refractivity contribution in [2.75, 3.05) is 44.2 Å². The first-order chi connectivity index (χ1) is 13.4. The van der Waals surface area contributed by atoms with Gasteiger partial charge in [-0.2, -0.15) is 13.2 Å². The average molecular weight is 427 g/mol. The summed E-state index contributed by atoms with van der Waals surface area (Å²) in [7, 11) is 0. The Labute approximate surface area is 173 Å². The van der Waals surface area contributed by atoms with Gasteiger partial charge in [-0.25, -0.2) is 4.98 Å². The summed E-state index contributed by atoms with van der Waals surface area (Å²) in [6, 6.07) is 11.7. The SMILES string of the molecule is Cl.O=C1c2ccccc2CN1CCN1CCN(c2cccc(C(F)(F)F)n2)CC1. The number of hydrogen-bond acceptors (Lipinski definition) is 4. The van der Waals surface area contributed by atoms with E-state index in [2.05, 4.69) is 9.88 Å². The molecule has 1 saturated heterocycles. The molecule has 2 aliphatic heterocycles. The molecule has 29 heavy (non-hydrogen) atoms. The standard InChI is InChI=1S/C20H21F3N4O.ClH/c21-20(22,23)17-6-3-7-18(24-17)26-11-8-25(9-12-26)10-13-27-14-15-4-1-2-5-16(15)19(27)28;/h1-7H,8-14H2;1H. The highest BCUT2D eigenvalue weighted by molar-refractivity contribution is 5.98. The van der Waals surface area contributed by atoms with Gasteiger partial charge < -0.3 is 9.80 Å². The normalized spacial score (nSPS) is 17.3. The van der Waals surface area contributed by atoms with Gasteiger partial charge >= 0.3 is 6.18 Å². The third-order valence-corrected chi connectivity index (χ3v) is 5.30. The predicted octanol–water partition coefficient (Wildman–Crippen LogP) is 3.30. The first-order valence-electron chi connectivity index (χ1n) is 9.30. The number of aromatic nitrogens is 1. The summed E-state index contributed by atoms with van der Waals surface area (Å²) in [6.07, 6.45) is -4.43. The maximum atomic E-state index is 12.9. The fourth-order valence-electron chi connectivity index (χ4n) is 3.72. The molecule has 0 spiro atoms. The van der Waals surface area contributed by atoms with Crippen molar-refractivity contribution >= 4 is 24.1 Å². The summed E-state index contributed by atoms with van der Waals surface area (Å²) >= 11 is 0. The second kappa shape index (κ2) is 8.59. The summed E-state index contributed by atoms with van der Waals surface area (Å²) in [4.78, 5) is 22.1. The van der Waals surface area contributed by atoms with Crippen LogP contribution in [0.25, 0.3) is 0 Å². The van der Waals surface area contributed by atoms with Gasteiger partial charge in [0.15, 0.2) is 0 Å².